The average Bonchev–Trinajstić information content (AvgIpc) is 2.23. The molecule has 0 spiro atoms. The second-order valence-corrected chi connectivity index (χ2v) is 6.76. The van der Waals surface area contributed by atoms with Gasteiger partial charge < -0.3 is 10.4 Å². The SMILES string of the molecule is CC1CCC(NC2CC(O)C2(C)C)CC1C. The van der Waals surface area contributed by atoms with E-state index >= 15 is 0 Å². The molecule has 0 aromatic carbocycles. The zero-order chi connectivity index (χ0) is 11.9. The van der Waals surface area contributed by atoms with Crippen molar-refractivity contribution in [2.75, 3.05) is 0 Å². The highest BCUT2D eigenvalue weighted by molar-refractivity contribution is 5.03. The normalized spacial score (nSPS) is 47.4. The largest absolute Gasteiger partial charge is 0.392 e. The van der Waals surface area contributed by atoms with Gasteiger partial charge in [0.05, 0.1) is 6.10 Å². The molecular formula is C14H27NO. The predicted octanol–water partition coefficient (Wildman–Crippen LogP) is 2.56. The van der Waals surface area contributed by atoms with E-state index in [0.717, 1.165) is 18.3 Å². The maximum Gasteiger partial charge on any atom is 0.0621 e. The Balaban J connectivity index is 1.83. The van der Waals surface area contributed by atoms with Crippen LogP contribution in [0.4, 0.5) is 0 Å². The summed E-state index contributed by atoms with van der Waals surface area (Å²) in [6.45, 7) is 9.10. The fourth-order valence-corrected chi connectivity index (χ4v) is 3.17. The summed E-state index contributed by atoms with van der Waals surface area (Å²) in [6.07, 6.45) is 4.81. The first-order valence-corrected chi connectivity index (χ1v) is 6.85. The van der Waals surface area contributed by atoms with Crippen LogP contribution in [0, 0.1) is 17.3 Å². The topological polar surface area (TPSA) is 32.3 Å². The third kappa shape index (κ3) is 2.14. The Labute approximate surface area is 99.8 Å². The monoisotopic (exact) mass is 225 g/mol. The molecule has 0 aliphatic heterocycles. The van der Waals surface area contributed by atoms with Crippen LogP contribution < -0.4 is 5.32 Å². The molecule has 2 aliphatic rings. The molecular weight excluding hydrogens is 198 g/mol. The number of hydrogen-bond donors (Lipinski definition) is 2. The van der Waals surface area contributed by atoms with Gasteiger partial charge in [-0.15, -0.1) is 0 Å². The van der Waals surface area contributed by atoms with Crippen molar-refractivity contribution in [1.82, 2.24) is 5.32 Å². The summed E-state index contributed by atoms with van der Waals surface area (Å²) in [6, 6.07) is 1.20. The van der Waals surface area contributed by atoms with Crippen molar-refractivity contribution >= 4 is 0 Å². The molecule has 0 aromatic rings. The highest BCUT2D eigenvalue weighted by Crippen LogP contribution is 2.41. The van der Waals surface area contributed by atoms with E-state index in [4.69, 9.17) is 0 Å². The van der Waals surface area contributed by atoms with Crippen molar-refractivity contribution in [3.05, 3.63) is 0 Å². The van der Waals surface area contributed by atoms with E-state index in [0.29, 0.717) is 12.1 Å². The molecule has 2 fully saturated rings. The summed E-state index contributed by atoms with van der Waals surface area (Å²) in [5.74, 6) is 1.73. The van der Waals surface area contributed by atoms with Crippen molar-refractivity contribution in [3.8, 4) is 0 Å². The van der Waals surface area contributed by atoms with E-state index < -0.39 is 0 Å². The molecule has 0 radical (unpaired) electrons. The van der Waals surface area contributed by atoms with E-state index in [1.165, 1.54) is 19.3 Å². The number of hydrogen-bond acceptors (Lipinski definition) is 2. The van der Waals surface area contributed by atoms with E-state index in [1.54, 1.807) is 0 Å². The minimum Gasteiger partial charge on any atom is -0.392 e. The molecule has 0 bridgehead atoms. The lowest BCUT2D eigenvalue weighted by atomic mass is 9.64. The van der Waals surface area contributed by atoms with Gasteiger partial charge in [0.25, 0.3) is 0 Å². The van der Waals surface area contributed by atoms with Crippen LogP contribution >= 0.6 is 0 Å². The van der Waals surface area contributed by atoms with Gasteiger partial charge in [-0.05, 0) is 37.5 Å². The van der Waals surface area contributed by atoms with Crippen LogP contribution in [0.25, 0.3) is 0 Å². The number of aliphatic hydroxyl groups excluding tert-OH is 1. The maximum absolute atomic E-state index is 9.73. The molecule has 94 valence electrons. The quantitative estimate of drug-likeness (QED) is 0.757. The summed E-state index contributed by atoms with van der Waals surface area (Å²) in [4.78, 5) is 0. The van der Waals surface area contributed by atoms with Gasteiger partial charge in [0.1, 0.15) is 0 Å². The molecule has 2 heteroatoms. The molecule has 0 heterocycles. The zero-order valence-electron chi connectivity index (χ0n) is 11.2. The summed E-state index contributed by atoms with van der Waals surface area (Å²) in [7, 11) is 0. The molecule has 16 heavy (non-hydrogen) atoms. The van der Waals surface area contributed by atoms with Crippen LogP contribution in [-0.4, -0.2) is 23.3 Å². The third-order valence-corrected chi connectivity index (χ3v) is 5.25. The Hall–Kier alpha value is -0.0800. The number of aliphatic hydroxyl groups is 1. The highest BCUT2D eigenvalue weighted by atomic mass is 16.3. The van der Waals surface area contributed by atoms with Gasteiger partial charge in [0.2, 0.25) is 0 Å². The van der Waals surface area contributed by atoms with E-state index in [-0.39, 0.29) is 11.5 Å². The molecule has 0 saturated heterocycles. The van der Waals surface area contributed by atoms with Gasteiger partial charge in [-0.25, -0.2) is 0 Å². The maximum atomic E-state index is 9.73. The first kappa shape index (κ1) is 12.4. The smallest absolute Gasteiger partial charge is 0.0621 e. The minimum atomic E-state index is -0.107. The molecule has 2 saturated carbocycles. The fraction of sp³-hybridized carbons (Fsp3) is 1.00. The summed E-state index contributed by atoms with van der Waals surface area (Å²) in [5.41, 5.74) is 0.0757. The molecule has 5 atom stereocenters. The van der Waals surface area contributed by atoms with Crippen molar-refractivity contribution in [3.63, 3.8) is 0 Å². The Kier molecular flexibility index (Phi) is 3.33. The average molecular weight is 225 g/mol. The van der Waals surface area contributed by atoms with Crippen LogP contribution in [0.1, 0.15) is 53.4 Å². The van der Waals surface area contributed by atoms with E-state index in [2.05, 4.69) is 33.0 Å². The second-order valence-electron chi connectivity index (χ2n) is 6.76. The fourth-order valence-electron chi connectivity index (χ4n) is 3.17. The van der Waals surface area contributed by atoms with Crippen LogP contribution in [0.15, 0.2) is 0 Å². The van der Waals surface area contributed by atoms with Crippen molar-refractivity contribution in [2.24, 2.45) is 17.3 Å². The highest BCUT2D eigenvalue weighted by Gasteiger charge is 2.47. The first-order chi connectivity index (χ1) is 7.41. The molecule has 0 aromatic heterocycles. The van der Waals surface area contributed by atoms with Crippen LogP contribution in [0.2, 0.25) is 0 Å². The standard InChI is InChI=1S/C14H27NO/c1-9-5-6-11(7-10(9)2)15-12-8-13(16)14(12,3)4/h9-13,15-16H,5-8H2,1-4H3. The first-order valence-electron chi connectivity index (χ1n) is 6.85. The zero-order valence-corrected chi connectivity index (χ0v) is 11.2. The van der Waals surface area contributed by atoms with Gasteiger partial charge >= 0.3 is 0 Å². The van der Waals surface area contributed by atoms with Crippen molar-refractivity contribution < 1.29 is 5.11 Å². The Morgan fingerprint density at radius 2 is 1.75 bits per heavy atom. The Bertz CT molecular complexity index is 251. The van der Waals surface area contributed by atoms with Crippen molar-refractivity contribution in [2.45, 2.75) is 71.6 Å². The molecule has 0 amide bonds. The molecule has 2 aliphatic carbocycles. The Morgan fingerprint density at radius 3 is 2.25 bits per heavy atom. The summed E-state index contributed by atoms with van der Waals surface area (Å²) in [5, 5.41) is 13.5. The van der Waals surface area contributed by atoms with Gasteiger partial charge in [-0.2, -0.15) is 0 Å². The lowest BCUT2D eigenvalue weighted by Gasteiger charge is -2.51. The van der Waals surface area contributed by atoms with Crippen LogP contribution in [0.5, 0.6) is 0 Å². The Morgan fingerprint density at radius 1 is 1.06 bits per heavy atom. The minimum absolute atomic E-state index is 0.0757. The van der Waals surface area contributed by atoms with Gasteiger partial charge in [0, 0.05) is 17.5 Å². The van der Waals surface area contributed by atoms with E-state index in [1.807, 2.05) is 0 Å². The second kappa shape index (κ2) is 4.30. The van der Waals surface area contributed by atoms with Gasteiger partial charge in [-0.1, -0.05) is 27.7 Å². The number of nitrogens with one attached hydrogen (secondary N) is 1. The van der Waals surface area contributed by atoms with E-state index in [9.17, 15) is 5.11 Å². The van der Waals surface area contributed by atoms with Crippen LogP contribution in [-0.2, 0) is 0 Å². The number of rotatable bonds is 2. The molecule has 2 rings (SSSR count). The summed E-state index contributed by atoms with van der Waals surface area (Å²) < 4.78 is 0. The van der Waals surface area contributed by atoms with Gasteiger partial charge in [0.15, 0.2) is 0 Å². The van der Waals surface area contributed by atoms with Gasteiger partial charge in [-0.3, -0.25) is 0 Å². The van der Waals surface area contributed by atoms with Crippen LogP contribution in [0.3, 0.4) is 0 Å². The van der Waals surface area contributed by atoms with Crippen molar-refractivity contribution in [1.29, 1.82) is 0 Å². The lowest BCUT2D eigenvalue weighted by Crippen LogP contribution is -2.62. The molecule has 2 N–H and O–H groups in total. The third-order valence-electron chi connectivity index (χ3n) is 5.25. The summed E-state index contributed by atoms with van der Waals surface area (Å²) >= 11 is 0. The molecule has 5 unspecified atom stereocenters. The lowest BCUT2D eigenvalue weighted by molar-refractivity contribution is -0.0781. The molecule has 2 nitrogen and oxygen atoms in total. The predicted molar refractivity (Wildman–Crippen MR) is 67.3 cm³/mol.